The van der Waals surface area contributed by atoms with Gasteiger partial charge in [0.05, 0.1) is 7.11 Å². The third kappa shape index (κ3) is 2.99. The summed E-state index contributed by atoms with van der Waals surface area (Å²) in [5.41, 5.74) is 5.99. The minimum Gasteiger partial charge on any atom is -0.495 e. The van der Waals surface area contributed by atoms with Gasteiger partial charge in [0.25, 0.3) is 10.0 Å². The maximum atomic E-state index is 12.3. The number of rotatable bonds is 4. The van der Waals surface area contributed by atoms with Crippen molar-refractivity contribution in [3.63, 3.8) is 0 Å². The molecule has 0 fully saturated rings. The Kier molecular flexibility index (Phi) is 4.09. The average molecular weight is 359 g/mol. The molecule has 0 aliphatic carbocycles. The molecule has 7 nitrogen and oxygen atoms in total. The van der Waals surface area contributed by atoms with Crippen LogP contribution in [0, 0.1) is 0 Å². The number of hydrogen-bond acceptors (Lipinski definition) is 6. The van der Waals surface area contributed by atoms with Gasteiger partial charge in [-0.15, -0.1) is 0 Å². The van der Waals surface area contributed by atoms with Gasteiger partial charge >= 0.3 is 0 Å². The molecular weight excluding hydrogens is 348 g/mol. The summed E-state index contributed by atoms with van der Waals surface area (Å²) in [5, 5.41) is 0. The van der Waals surface area contributed by atoms with Gasteiger partial charge in [-0.1, -0.05) is 0 Å². The van der Waals surface area contributed by atoms with Crippen molar-refractivity contribution in [1.82, 2.24) is 9.97 Å². The monoisotopic (exact) mass is 358 g/mol. The van der Waals surface area contributed by atoms with E-state index in [-0.39, 0.29) is 22.3 Å². The standard InChI is InChI=1S/C11H11BrN4O3S/c1-19-9-5-7(12)8(13)6-10(9)20(17,18)16-11-14-3-2-4-15-11/h2-6H,13H2,1H3,(H,14,15,16). The molecular formula is C11H11BrN4O3S. The normalized spacial score (nSPS) is 11.1. The van der Waals surface area contributed by atoms with Gasteiger partial charge in [-0.05, 0) is 34.1 Å². The van der Waals surface area contributed by atoms with Crippen LogP contribution in [-0.2, 0) is 10.0 Å². The zero-order valence-electron chi connectivity index (χ0n) is 10.4. The molecule has 0 unspecified atom stereocenters. The Balaban J connectivity index is 2.47. The van der Waals surface area contributed by atoms with E-state index in [0.717, 1.165) is 0 Å². The highest BCUT2D eigenvalue weighted by atomic mass is 79.9. The Hall–Kier alpha value is -1.87. The molecule has 2 rings (SSSR count). The Morgan fingerprint density at radius 1 is 1.30 bits per heavy atom. The first-order valence-corrected chi connectivity index (χ1v) is 7.64. The lowest BCUT2D eigenvalue weighted by Gasteiger charge is -2.12. The third-order valence-corrected chi connectivity index (χ3v) is 4.40. The Labute approximate surface area is 124 Å². The van der Waals surface area contributed by atoms with E-state index in [1.54, 1.807) is 6.07 Å². The Morgan fingerprint density at radius 2 is 1.95 bits per heavy atom. The molecule has 0 amide bonds. The van der Waals surface area contributed by atoms with Crippen molar-refractivity contribution in [2.75, 3.05) is 17.6 Å². The Bertz CT molecular complexity index is 722. The number of ether oxygens (including phenoxy) is 1. The molecule has 1 heterocycles. The van der Waals surface area contributed by atoms with Gasteiger partial charge in [-0.25, -0.2) is 23.1 Å². The molecule has 2 aromatic rings. The van der Waals surface area contributed by atoms with Gasteiger partial charge in [0, 0.05) is 22.6 Å². The number of halogens is 1. The summed E-state index contributed by atoms with van der Waals surface area (Å²) < 4.78 is 32.5. The lowest BCUT2D eigenvalue weighted by Crippen LogP contribution is -2.16. The van der Waals surface area contributed by atoms with E-state index in [4.69, 9.17) is 10.5 Å². The van der Waals surface area contributed by atoms with Crippen LogP contribution in [-0.4, -0.2) is 25.5 Å². The van der Waals surface area contributed by atoms with Crippen LogP contribution < -0.4 is 15.2 Å². The van der Waals surface area contributed by atoms with Crippen molar-refractivity contribution in [1.29, 1.82) is 0 Å². The van der Waals surface area contributed by atoms with Crippen LogP contribution in [0.4, 0.5) is 11.6 Å². The van der Waals surface area contributed by atoms with Crippen LogP contribution in [0.3, 0.4) is 0 Å². The summed E-state index contributed by atoms with van der Waals surface area (Å²) in [7, 11) is -2.53. The van der Waals surface area contributed by atoms with Crippen molar-refractivity contribution >= 4 is 37.6 Å². The molecule has 0 aliphatic heterocycles. The largest absolute Gasteiger partial charge is 0.495 e. The van der Waals surface area contributed by atoms with Gasteiger partial charge in [0.1, 0.15) is 10.6 Å². The second-order valence-electron chi connectivity index (χ2n) is 3.70. The number of methoxy groups -OCH3 is 1. The van der Waals surface area contributed by atoms with Crippen molar-refractivity contribution in [2.45, 2.75) is 4.90 Å². The zero-order valence-corrected chi connectivity index (χ0v) is 12.8. The lowest BCUT2D eigenvalue weighted by molar-refractivity contribution is 0.402. The van der Waals surface area contributed by atoms with Crippen LogP contribution in [0.25, 0.3) is 0 Å². The van der Waals surface area contributed by atoms with Crippen molar-refractivity contribution in [3.8, 4) is 5.75 Å². The lowest BCUT2D eigenvalue weighted by atomic mass is 10.3. The topological polar surface area (TPSA) is 107 Å². The summed E-state index contributed by atoms with van der Waals surface area (Å²) in [6.07, 6.45) is 2.86. The predicted molar refractivity (Wildman–Crippen MR) is 77.9 cm³/mol. The minimum atomic E-state index is -3.90. The second-order valence-corrected chi connectivity index (χ2v) is 6.21. The molecule has 0 aliphatic rings. The fraction of sp³-hybridized carbons (Fsp3) is 0.0909. The number of sulfonamides is 1. The molecule has 0 saturated carbocycles. The van der Waals surface area contributed by atoms with Crippen molar-refractivity contribution < 1.29 is 13.2 Å². The molecule has 0 spiro atoms. The number of benzene rings is 1. The van der Waals surface area contributed by atoms with Gasteiger partial charge in [-0.3, -0.25) is 0 Å². The van der Waals surface area contributed by atoms with E-state index in [2.05, 4.69) is 30.6 Å². The summed E-state index contributed by atoms with van der Waals surface area (Å²) >= 11 is 3.21. The minimum absolute atomic E-state index is 0.0314. The maximum Gasteiger partial charge on any atom is 0.267 e. The highest BCUT2D eigenvalue weighted by molar-refractivity contribution is 9.10. The summed E-state index contributed by atoms with van der Waals surface area (Å²) in [5.74, 6) is 0.130. The molecule has 9 heteroatoms. The van der Waals surface area contributed by atoms with Crippen LogP contribution >= 0.6 is 15.9 Å². The smallest absolute Gasteiger partial charge is 0.267 e. The second kappa shape index (κ2) is 5.63. The number of nitrogens with one attached hydrogen (secondary N) is 1. The van der Waals surface area contributed by atoms with Crippen LogP contribution in [0.1, 0.15) is 0 Å². The van der Waals surface area contributed by atoms with Crippen molar-refractivity contribution in [2.24, 2.45) is 0 Å². The zero-order chi connectivity index (χ0) is 14.8. The summed E-state index contributed by atoms with van der Waals surface area (Å²) in [4.78, 5) is 7.51. The molecule has 106 valence electrons. The SMILES string of the molecule is COc1cc(Br)c(N)cc1S(=O)(=O)Nc1ncccn1. The van der Waals surface area contributed by atoms with E-state index in [1.165, 1.54) is 31.6 Å². The highest BCUT2D eigenvalue weighted by Gasteiger charge is 2.22. The van der Waals surface area contributed by atoms with Crippen LogP contribution in [0.15, 0.2) is 40.0 Å². The molecule has 0 bridgehead atoms. The van der Waals surface area contributed by atoms with Crippen molar-refractivity contribution in [3.05, 3.63) is 35.1 Å². The molecule has 20 heavy (non-hydrogen) atoms. The van der Waals surface area contributed by atoms with E-state index in [9.17, 15) is 8.42 Å². The van der Waals surface area contributed by atoms with E-state index in [0.29, 0.717) is 4.47 Å². The van der Waals surface area contributed by atoms with E-state index < -0.39 is 10.0 Å². The number of anilines is 2. The molecule has 0 radical (unpaired) electrons. The van der Waals surface area contributed by atoms with Gasteiger partial charge in [0.15, 0.2) is 0 Å². The number of nitrogen functional groups attached to an aromatic ring is 1. The predicted octanol–water partition coefficient (Wildman–Crippen LogP) is 1.63. The van der Waals surface area contributed by atoms with Gasteiger partial charge in [-0.2, -0.15) is 0 Å². The van der Waals surface area contributed by atoms with Crippen LogP contribution in [0.2, 0.25) is 0 Å². The molecule has 0 saturated heterocycles. The first-order chi connectivity index (χ1) is 9.44. The summed E-state index contributed by atoms with van der Waals surface area (Å²) in [6, 6.07) is 4.36. The fourth-order valence-corrected chi connectivity index (χ4v) is 2.91. The quantitative estimate of drug-likeness (QED) is 0.804. The molecule has 3 N–H and O–H groups in total. The van der Waals surface area contributed by atoms with Gasteiger partial charge in [0.2, 0.25) is 5.95 Å². The molecule has 1 aromatic heterocycles. The third-order valence-electron chi connectivity index (χ3n) is 2.36. The first-order valence-electron chi connectivity index (χ1n) is 5.37. The number of nitrogens with two attached hydrogens (primary N) is 1. The maximum absolute atomic E-state index is 12.3. The van der Waals surface area contributed by atoms with Crippen LogP contribution in [0.5, 0.6) is 5.75 Å². The van der Waals surface area contributed by atoms with Gasteiger partial charge < -0.3 is 10.5 Å². The highest BCUT2D eigenvalue weighted by Crippen LogP contribution is 2.32. The number of nitrogens with zero attached hydrogens (tertiary/aromatic N) is 2. The number of aromatic nitrogens is 2. The fourth-order valence-electron chi connectivity index (χ4n) is 1.45. The average Bonchev–Trinajstić information content (AvgIpc) is 2.42. The number of hydrogen-bond donors (Lipinski definition) is 2. The van der Waals surface area contributed by atoms with E-state index in [1.807, 2.05) is 0 Å². The Morgan fingerprint density at radius 3 is 2.55 bits per heavy atom. The molecule has 0 atom stereocenters. The first kappa shape index (κ1) is 14.5. The summed E-state index contributed by atoms with van der Waals surface area (Å²) in [6.45, 7) is 0. The molecule has 1 aromatic carbocycles. The van der Waals surface area contributed by atoms with E-state index >= 15 is 0 Å².